The van der Waals surface area contributed by atoms with Gasteiger partial charge >= 0.3 is 11.1 Å². The van der Waals surface area contributed by atoms with Gasteiger partial charge in [0.25, 0.3) is 5.91 Å². The van der Waals surface area contributed by atoms with Gasteiger partial charge in [-0.3, -0.25) is 14.4 Å². The van der Waals surface area contributed by atoms with E-state index in [1.54, 1.807) is 30.3 Å². The molecule has 0 saturated heterocycles. The number of hydrogen-bond acceptors (Lipinski definition) is 3. The number of nitrogens with zero attached hydrogens (tertiary/aromatic N) is 1. The first kappa shape index (κ1) is 13.8. The fourth-order valence-electron chi connectivity index (χ4n) is 2.19. The highest BCUT2D eigenvalue weighted by Crippen LogP contribution is 2.08. The van der Waals surface area contributed by atoms with Crippen LogP contribution < -0.4 is 11.1 Å². The van der Waals surface area contributed by atoms with Gasteiger partial charge in [0.15, 0.2) is 0 Å². The summed E-state index contributed by atoms with van der Waals surface area (Å²) >= 11 is 0. The van der Waals surface area contributed by atoms with Gasteiger partial charge in [0.2, 0.25) is 0 Å². The normalized spacial score (nSPS) is 11.1. The summed E-state index contributed by atoms with van der Waals surface area (Å²) in [4.78, 5) is 38.5. The smallest absolute Gasteiger partial charge is 0.316 e. The van der Waals surface area contributed by atoms with E-state index >= 15 is 0 Å². The molecule has 5 heteroatoms. The zero-order valence-corrected chi connectivity index (χ0v) is 11.5. The summed E-state index contributed by atoms with van der Waals surface area (Å²) in [5, 5.41) is 0. The Hall–Kier alpha value is -3.21. The highest BCUT2D eigenvalue weighted by atomic mass is 16.2. The topological polar surface area (TPSA) is 71.9 Å². The van der Waals surface area contributed by atoms with E-state index in [-0.39, 0.29) is 0 Å². The minimum absolute atomic E-state index is 0.370. The van der Waals surface area contributed by atoms with Crippen molar-refractivity contribution in [1.29, 1.82) is 0 Å². The Balaban J connectivity index is 2.12. The van der Waals surface area contributed by atoms with Crippen LogP contribution in [-0.2, 0) is 0 Å². The van der Waals surface area contributed by atoms with Crippen molar-refractivity contribution in [2.75, 3.05) is 0 Å². The third-order valence-electron chi connectivity index (χ3n) is 3.23. The Bertz CT molecular complexity index is 982. The molecule has 22 heavy (non-hydrogen) atoms. The van der Waals surface area contributed by atoms with Crippen molar-refractivity contribution in [3.8, 4) is 0 Å². The molecular formula is C17H12N2O3. The first-order chi connectivity index (χ1) is 10.7. The van der Waals surface area contributed by atoms with Crippen molar-refractivity contribution in [3.63, 3.8) is 0 Å². The Kier molecular flexibility index (Phi) is 3.53. The van der Waals surface area contributed by atoms with Crippen molar-refractivity contribution < 1.29 is 4.79 Å². The third kappa shape index (κ3) is 2.52. The molecule has 0 radical (unpaired) electrons. The second-order valence-electron chi connectivity index (χ2n) is 4.69. The van der Waals surface area contributed by atoms with E-state index in [0.717, 1.165) is 10.1 Å². The molecule has 0 aliphatic rings. The van der Waals surface area contributed by atoms with E-state index < -0.39 is 17.0 Å². The maximum atomic E-state index is 12.3. The van der Waals surface area contributed by atoms with Gasteiger partial charge in [-0.15, -0.1) is 0 Å². The highest BCUT2D eigenvalue weighted by molar-refractivity contribution is 5.98. The van der Waals surface area contributed by atoms with Crippen LogP contribution in [0.3, 0.4) is 0 Å². The summed E-state index contributed by atoms with van der Waals surface area (Å²) in [6, 6.07) is 15.9. The molecule has 1 aromatic heterocycles. The fourth-order valence-corrected chi connectivity index (χ4v) is 2.19. The number of H-pyrrole nitrogens is 1. The maximum absolute atomic E-state index is 12.3. The van der Waals surface area contributed by atoms with Crippen molar-refractivity contribution in [1.82, 2.24) is 9.55 Å². The van der Waals surface area contributed by atoms with Gasteiger partial charge in [0.1, 0.15) is 0 Å². The lowest BCUT2D eigenvalue weighted by Crippen LogP contribution is -2.38. The van der Waals surface area contributed by atoms with Crippen LogP contribution in [0.4, 0.5) is 0 Å². The standard InChI is InChI=1S/C17H12N2O3/c20-15(11-10-12-6-2-1-3-7-12)19-14-9-5-4-8-13(14)18-16(21)17(19)22/h1-11H,(H,18,21). The van der Waals surface area contributed by atoms with Crippen LogP contribution >= 0.6 is 0 Å². The minimum Gasteiger partial charge on any atom is -0.316 e. The molecule has 108 valence electrons. The molecule has 0 aliphatic carbocycles. The zero-order valence-electron chi connectivity index (χ0n) is 11.5. The number of allylic oxidation sites excluding steroid dienone is 1. The quantitative estimate of drug-likeness (QED) is 0.580. The molecule has 0 aliphatic heterocycles. The van der Waals surface area contributed by atoms with Crippen molar-refractivity contribution in [2.24, 2.45) is 0 Å². The van der Waals surface area contributed by atoms with Crippen molar-refractivity contribution in [2.45, 2.75) is 0 Å². The van der Waals surface area contributed by atoms with Crippen LogP contribution in [-0.4, -0.2) is 15.5 Å². The summed E-state index contributed by atoms with van der Waals surface area (Å²) < 4.78 is 0.883. The molecule has 2 aromatic carbocycles. The summed E-state index contributed by atoms with van der Waals surface area (Å²) in [6.07, 6.45) is 2.88. The van der Waals surface area contributed by atoms with E-state index in [0.29, 0.717) is 11.0 Å². The van der Waals surface area contributed by atoms with Crippen LogP contribution in [0.5, 0.6) is 0 Å². The highest BCUT2D eigenvalue weighted by Gasteiger charge is 2.11. The predicted molar refractivity (Wildman–Crippen MR) is 84.9 cm³/mol. The number of rotatable bonds is 2. The summed E-state index contributed by atoms with van der Waals surface area (Å²) in [5.74, 6) is -0.559. The number of benzene rings is 2. The van der Waals surface area contributed by atoms with Gasteiger partial charge in [0.05, 0.1) is 11.0 Å². The first-order valence-corrected chi connectivity index (χ1v) is 6.68. The van der Waals surface area contributed by atoms with Crippen molar-refractivity contribution in [3.05, 3.63) is 86.9 Å². The van der Waals surface area contributed by atoms with Crippen LogP contribution in [0.25, 0.3) is 17.1 Å². The van der Waals surface area contributed by atoms with Gasteiger partial charge in [0, 0.05) is 6.08 Å². The number of carbonyl (C=O) groups excluding carboxylic acids is 1. The van der Waals surface area contributed by atoms with E-state index in [1.807, 2.05) is 30.3 Å². The van der Waals surface area contributed by atoms with E-state index in [2.05, 4.69) is 4.98 Å². The zero-order chi connectivity index (χ0) is 15.5. The fraction of sp³-hybridized carbons (Fsp3) is 0. The summed E-state index contributed by atoms with van der Waals surface area (Å²) in [5.41, 5.74) is -0.0667. The van der Waals surface area contributed by atoms with E-state index in [9.17, 15) is 14.4 Å². The average molecular weight is 292 g/mol. The molecule has 0 amide bonds. The number of aromatic amines is 1. The SMILES string of the molecule is O=C(C=Cc1ccccc1)n1c(=O)c(=O)[nH]c2ccccc21. The van der Waals surface area contributed by atoms with Gasteiger partial charge in [-0.05, 0) is 23.8 Å². The second kappa shape index (κ2) is 5.65. The molecule has 0 spiro atoms. The molecule has 0 atom stereocenters. The monoisotopic (exact) mass is 292 g/mol. The molecular weight excluding hydrogens is 280 g/mol. The Morgan fingerprint density at radius 1 is 0.955 bits per heavy atom. The molecule has 5 nitrogen and oxygen atoms in total. The van der Waals surface area contributed by atoms with Gasteiger partial charge in [-0.2, -0.15) is 0 Å². The van der Waals surface area contributed by atoms with Crippen LogP contribution in [0.15, 0.2) is 70.3 Å². The van der Waals surface area contributed by atoms with Crippen LogP contribution in [0.1, 0.15) is 10.4 Å². The average Bonchev–Trinajstić information content (AvgIpc) is 2.55. The van der Waals surface area contributed by atoms with Crippen LogP contribution in [0, 0.1) is 0 Å². The Morgan fingerprint density at radius 3 is 2.41 bits per heavy atom. The summed E-state index contributed by atoms with van der Waals surface area (Å²) in [7, 11) is 0. The molecule has 1 N–H and O–H groups in total. The molecule has 0 fully saturated rings. The number of carbonyl (C=O) groups is 1. The Labute approximate surface area is 125 Å². The first-order valence-electron chi connectivity index (χ1n) is 6.68. The lowest BCUT2D eigenvalue weighted by molar-refractivity contribution is 0.0970. The largest absolute Gasteiger partial charge is 0.323 e. The third-order valence-corrected chi connectivity index (χ3v) is 3.23. The number of aromatic nitrogens is 2. The second-order valence-corrected chi connectivity index (χ2v) is 4.69. The minimum atomic E-state index is -0.888. The number of para-hydroxylation sites is 2. The lowest BCUT2D eigenvalue weighted by Gasteiger charge is -2.05. The number of fused-ring (bicyclic) bond motifs is 1. The molecule has 0 unspecified atom stereocenters. The number of hydrogen-bond donors (Lipinski definition) is 1. The Morgan fingerprint density at radius 2 is 1.64 bits per heavy atom. The molecule has 3 rings (SSSR count). The van der Waals surface area contributed by atoms with Crippen LogP contribution in [0.2, 0.25) is 0 Å². The number of nitrogens with one attached hydrogen (secondary N) is 1. The van der Waals surface area contributed by atoms with E-state index in [1.165, 1.54) is 6.08 Å². The van der Waals surface area contributed by atoms with Crippen molar-refractivity contribution >= 4 is 23.0 Å². The molecule has 3 aromatic rings. The van der Waals surface area contributed by atoms with E-state index in [4.69, 9.17) is 0 Å². The van der Waals surface area contributed by atoms with Gasteiger partial charge < -0.3 is 4.98 Å². The molecule has 0 bridgehead atoms. The predicted octanol–water partition coefficient (Wildman–Crippen LogP) is 2.04. The molecule has 1 heterocycles. The van der Waals surface area contributed by atoms with Gasteiger partial charge in [-0.1, -0.05) is 42.5 Å². The summed E-state index contributed by atoms with van der Waals surface area (Å²) in [6.45, 7) is 0. The maximum Gasteiger partial charge on any atom is 0.323 e. The van der Waals surface area contributed by atoms with Gasteiger partial charge in [-0.25, -0.2) is 4.57 Å². The lowest BCUT2D eigenvalue weighted by atomic mass is 10.2. The molecule has 0 saturated carbocycles.